The van der Waals surface area contributed by atoms with Gasteiger partial charge in [-0.15, -0.1) is 0 Å². The lowest BCUT2D eigenvalue weighted by Crippen LogP contribution is -2.40. The zero-order chi connectivity index (χ0) is 20.8. The van der Waals surface area contributed by atoms with Gasteiger partial charge in [0.25, 0.3) is 11.8 Å². The molecular weight excluding hydrogens is 473 g/mol. The first kappa shape index (κ1) is 23.2. The molecule has 0 aromatic heterocycles. The van der Waals surface area contributed by atoms with E-state index in [9.17, 15) is 19.2 Å². The Hall–Kier alpha value is -0.440. The van der Waals surface area contributed by atoms with Gasteiger partial charge in [-0.1, -0.05) is 43.1 Å². The van der Waals surface area contributed by atoms with Crippen molar-refractivity contribution in [3.8, 4) is 0 Å². The van der Waals surface area contributed by atoms with Crippen molar-refractivity contribution in [2.75, 3.05) is 18.2 Å². The summed E-state index contributed by atoms with van der Waals surface area (Å²) in [5, 5.41) is 13.2. The quantitative estimate of drug-likeness (QED) is 0.198. The van der Waals surface area contributed by atoms with Crippen molar-refractivity contribution >= 4 is 81.7 Å². The Morgan fingerprint density at radius 2 is 2.00 bits per heavy atom. The molecule has 160 valence electrons. The van der Waals surface area contributed by atoms with Gasteiger partial charge >= 0.3 is 0 Å². The Morgan fingerprint density at radius 3 is 2.76 bits per heavy atom. The summed E-state index contributed by atoms with van der Waals surface area (Å²) in [4.78, 5) is 48.6. The van der Waals surface area contributed by atoms with Crippen LogP contribution in [0.3, 0.4) is 0 Å². The molecule has 3 unspecified atom stereocenters. The molecule has 3 atom stereocenters. The smallest absolute Gasteiger partial charge is 0.253 e. The van der Waals surface area contributed by atoms with Gasteiger partial charge in [-0.2, -0.15) is 0 Å². The number of imide groups is 1. The molecule has 8 nitrogen and oxygen atoms in total. The second-order valence-electron chi connectivity index (χ2n) is 6.42. The Labute approximate surface area is 187 Å². The maximum atomic E-state index is 12.7. The molecule has 0 saturated carbocycles. The van der Waals surface area contributed by atoms with Crippen LogP contribution >= 0.6 is 53.8 Å². The van der Waals surface area contributed by atoms with Gasteiger partial charge in [0.05, 0.1) is 15.4 Å². The van der Waals surface area contributed by atoms with Crippen LogP contribution in [-0.2, 0) is 19.2 Å². The van der Waals surface area contributed by atoms with E-state index in [1.165, 1.54) is 12.2 Å². The number of nitrogens with zero attached hydrogens (tertiary/aromatic N) is 1. The first-order chi connectivity index (χ1) is 14.0. The minimum absolute atomic E-state index is 0.0864. The van der Waals surface area contributed by atoms with E-state index in [4.69, 9.17) is 5.14 Å². The van der Waals surface area contributed by atoms with Crippen molar-refractivity contribution in [1.29, 1.82) is 0 Å². The Bertz CT molecular complexity index is 742. The second kappa shape index (κ2) is 11.3. The second-order valence-corrected chi connectivity index (χ2v) is 13.7. The highest BCUT2D eigenvalue weighted by Crippen LogP contribution is 2.48. The van der Waals surface area contributed by atoms with Crippen LogP contribution in [0.5, 0.6) is 0 Å². The fraction of sp³-hybridized carbons (Fsp3) is 0.562. The third-order valence-corrected chi connectivity index (χ3v) is 13.4. The van der Waals surface area contributed by atoms with E-state index < -0.39 is 0 Å². The van der Waals surface area contributed by atoms with Crippen LogP contribution in [0.15, 0.2) is 12.2 Å². The van der Waals surface area contributed by atoms with Crippen molar-refractivity contribution in [2.24, 2.45) is 5.14 Å². The largest absolute Gasteiger partial charge is 0.356 e. The number of carbonyl (C=O) groups is 4. The fourth-order valence-electron chi connectivity index (χ4n) is 2.78. The van der Waals surface area contributed by atoms with Crippen LogP contribution in [0, 0.1) is 0 Å². The van der Waals surface area contributed by atoms with Gasteiger partial charge in [-0.25, -0.2) is 0 Å². The van der Waals surface area contributed by atoms with Crippen molar-refractivity contribution in [3.63, 3.8) is 0 Å². The number of fused-ring (bicyclic) bond motifs is 3. The molecular formula is C16H22N4O4S5. The van der Waals surface area contributed by atoms with Crippen LogP contribution < -0.4 is 15.8 Å². The molecule has 0 aliphatic carbocycles. The summed E-state index contributed by atoms with van der Waals surface area (Å²) in [6, 6.07) is -0.238. The summed E-state index contributed by atoms with van der Waals surface area (Å²) in [7, 11) is 6.05. The third-order valence-electron chi connectivity index (χ3n) is 4.35. The molecule has 13 heteroatoms. The summed E-state index contributed by atoms with van der Waals surface area (Å²) < 4.78 is 0.903. The molecule has 0 spiro atoms. The van der Waals surface area contributed by atoms with Gasteiger partial charge < -0.3 is 5.32 Å². The standard InChI is InChI=1S/C16H22N4O4S5/c17-29-9-25-26-15-14(24)10(19-16(29)28-27-15)3-1-2-7-18-11(21)6-8-20-12(22)4-5-13(20)23/h4-5,10,15,19H,1-3,6-9,17H2,(H,18,21). The molecule has 1 saturated heterocycles. The SMILES string of the molecule is NS1=C2NC(CCCCNC(=O)CCN3C(=O)C=CC3=O)C(=O)C(SSC1)SS2. The average molecular weight is 495 g/mol. The molecule has 2 bridgehead atoms. The summed E-state index contributed by atoms with van der Waals surface area (Å²) >= 11 is 0. The fourth-order valence-corrected chi connectivity index (χ4v) is 12.2. The molecule has 0 aromatic rings. The van der Waals surface area contributed by atoms with Crippen molar-refractivity contribution < 1.29 is 19.2 Å². The lowest BCUT2D eigenvalue weighted by atomic mass is 10.1. The number of Topliss-reactive ketones (excluding diaryl/α,β-unsaturated/α-hetero) is 1. The van der Waals surface area contributed by atoms with E-state index in [0.717, 1.165) is 27.1 Å². The Balaban J connectivity index is 1.36. The van der Waals surface area contributed by atoms with Crippen molar-refractivity contribution in [3.05, 3.63) is 12.2 Å². The predicted octanol–water partition coefficient (Wildman–Crippen LogP) is 1.42. The molecule has 0 aromatic carbocycles. The van der Waals surface area contributed by atoms with E-state index in [1.807, 2.05) is 0 Å². The summed E-state index contributed by atoms with van der Waals surface area (Å²) in [6.07, 6.45) is 4.74. The minimum atomic E-state index is -0.380. The van der Waals surface area contributed by atoms with E-state index in [2.05, 4.69) is 10.6 Å². The maximum Gasteiger partial charge on any atom is 0.253 e. The highest BCUT2D eigenvalue weighted by Gasteiger charge is 2.34. The summed E-state index contributed by atoms with van der Waals surface area (Å²) in [5.74, 6) is -0.757. The van der Waals surface area contributed by atoms with Gasteiger partial charge in [0, 0.05) is 31.7 Å². The molecule has 0 radical (unpaired) electrons. The zero-order valence-corrected chi connectivity index (χ0v) is 19.5. The first-order valence-corrected chi connectivity index (χ1v) is 15.1. The van der Waals surface area contributed by atoms with E-state index in [-0.39, 0.29) is 57.8 Å². The molecule has 3 rings (SSSR count). The molecule has 3 heterocycles. The van der Waals surface area contributed by atoms with Crippen LogP contribution in [0.1, 0.15) is 25.7 Å². The molecule has 1 fully saturated rings. The number of nitrogens with two attached hydrogens (primary N) is 1. The van der Waals surface area contributed by atoms with Gasteiger partial charge in [-0.3, -0.25) is 34.5 Å². The maximum absolute atomic E-state index is 12.7. The summed E-state index contributed by atoms with van der Waals surface area (Å²) in [6.45, 7) is 0.582. The molecule has 3 amide bonds. The number of carbonyl (C=O) groups excluding carboxylic acids is 4. The molecule has 3 aliphatic rings. The first-order valence-electron chi connectivity index (χ1n) is 9.00. The van der Waals surface area contributed by atoms with Gasteiger partial charge in [0.15, 0.2) is 5.78 Å². The van der Waals surface area contributed by atoms with Crippen molar-refractivity contribution in [2.45, 2.75) is 36.3 Å². The topological polar surface area (TPSA) is 122 Å². The van der Waals surface area contributed by atoms with Gasteiger partial charge in [0.1, 0.15) is 4.58 Å². The van der Waals surface area contributed by atoms with Gasteiger partial charge in [-0.05, 0) is 30.1 Å². The minimum Gasteiger partial charge on any atom is -0.356 e. The van der Waals surface area contributed by atoms with Gasteiger partial charge in [0.2, 0.25) is 5.91 Å². The lowest BCUT2D eigenvalue weighted by Gasteiger charge is -2.17. The zero-order valence-electron chi connectivity index (χ0n) is 15.5. The monoisotopic (exact) mass is 494 g/mol. The highest BCUT2D eigenvalue weighted by molar-refractivity contribution is 8.91. The lowest BCUT2D eigenvalue weighted by molar-refractivity contribution is -0.137. The van der Waals surface area contributed by atoms with E-state index >= 15 is 0 Å². The number of ketones is 1. The molecule has 29 heavy (non-hydrogen) atoms. The van der Waals surface area contributed by atoms with E-state index in [0.29, 0.717) is 13.0 Å². The normalized spacial score (nSPS) is 27.2. The van der Waals surface area contributed by atoms with E-state index in [1.54, 1.807) is 43.2 Å². The Morgan fingerprint density at radius 1 is 1.24 bits per heavy atom. The summed E-state index contributed by atoms with van der Waals surface area (Å²) in [5.41, 5.74) is 0. The number of rotatable bonds is 8. The number of hydrogen-bond donors (Lipinski definition) is 3. The molecule has 3 aliphatic heterocycles. The van der Waals surface area contributed by atoms with Crippen LogP contribution in [0.2, 0.25) is 0 Å². The number of nitrogens with one attached hydrogen (secondary N) is 2. The van der Waals surface area contributed by atoms with Crippen LogP contribution in [0.25, 0.3) is 0 Å². The van der Waals surface area contributed by atoms with Crippen LogP contribution in [0.4, 0.5) is 0 Å². The predicted molar refractivity (Wildman–Crippen MR) is 125 cm³/mol. The van der Waals surface area contributed by atoms with Crippen LogP contribution in [-0.4, -0.2) is 61.5 Å². The molecule has 4 N–H and O–H groups in total. The Kier molecular flexibility index (Phi) is 9.02. The number of amides is 3. The average Bonchev–Trinajstić information content (AvgIpc) is 2.94. The highest BCUT2D eigenvalue weighted by atomic mass is 33.1. The number of hydrogen-bond acceptors (Lipinski definition) is 10. The number of unbranched alkanes of at least 4 members (excludes halogenated alkanes) is 1. The third kappa shape index (κ3) is 6.52. The van der Waals surface area contributed by atoms with Crippen molar-refractivity contribution in [1.82, 2.24) is 15.5 Å².